The third-order valence-corrected chi connectivity index (χ3v) is 4.80. The summed E-state index contributed by atoms with van der Waals surface area (Å²) in [4.78, 5) is 0. The molecule has 0 amide bonds. The summed E-state index contributed by atoms with van der Waals surface area (Å²) < 4.78 is 56.0. The van der Waals surface area contributed by atoms with E-state index in [-0.39, 0.29) is 19.6 Å². The van der Waals surface area contributed by atoms with Crippen LogP contribution in [0.15, 0.2) is 24.3 Å². The standard InChI is InChI=1S/C18H24F4O2.C2H2/c1-17(19,18(20,21)22)9-2-10-24-16-7-5-14(6-8-16)15-4-3-13(11-15)12-23;1-2/h5-8,13,15,23H,2-4,9-12H2,1H3;1-2H. The van der Waals surface area contributed by atoms with Crippen molar-refractivity contribution in [3.05, 3.63) is 29.8 Å². The third kappa shape index (κ3) is 6.21. The predicted molar refractivity (Wildman–Crippen MR) is 93.8 cm³/mol. The van der Waals surface area contributed by atoms with Crippen LogP contribution in [0.1, 0.15) is 50.5 Å². The van der Waals surface area contributed by atoms with Gasteiger partial charge < -0.3 is 9.84 Å². The highest BCUT2D eigenvalue weighted by molar-refractivity contribution is 5.30. The molecule has 0 spiro atoms. The van der Waals surface area contributed by atoms with Crippen LogP contribution in [0.2, 0.25) is 0 Å². The van der Waals surface area contributed by atoms with Gasteiger partial charge in [0.25, 0.3) is 0 Å². The lowest BCUT2D eigenvalue weighted by atomic mass is 9.96. The van der Waals surface area contributed by atoms with Crippen molar-refractivity contribution >= 4 is 0 Å². The number of alkyl halides is 4. The summed E-state index contributed by atoms with van der Waals surface area (Å²) in [7, 11) is 0. The molecule has 0 heterocycles. The Morgan fingerprint density at radius 3 is 2.23 bits per heavy atom. The molecule has 1 N–H and O–H groups in total. The van der Waals surface area contributed by atoms with Crippen LogP contribution >= 0.6 is 0 Å². The maximum atomic E-state index is 13.4. The van der Waals surface area contributed by atoms with E-state index in [1.165, 1.54) is 5.56 Å². The zero-order valence-electron chi connectivity index (χ0n) is 14.9. The van der Waals surface area contributed by atoms with E-state index >= 15 is 0 Å². The first-order chi connectivity index (χ1) is 12.2. The molecule has 2 nitrogen and oxygen atoms in total. The summed E-state index contributed by atoms with van der Waals surface area (Å²) in [6.45, 7) is 0.830. The molecule has 1 aliphatic rings. The molecule has 0 radical (unpaired) electrons. The Balaban J connectivity index is 0.00000163. The zero-order chi connectivity index (χ0) is 19.8. The molecule has 0 aliphatic heterocycles. The molecule has 1 saturated carbocycles. The van der Waals surface area contributed by atoms with E-state index in [0.717, 1.165) is 19.3 Å². The Morgan fingerprint density at radius 1 is 1.12 bits per heavy atom. The van der Waals surface area contributed by atoms with E-state index in [2.05, 4.69) is 12.8 Å². The number of hydrogen-bond acceptors (Lipinski definition) is 2. The topological polar surface area (TPSA) is 29.5 Å². The molecule has 146 valence electrons. The number of ether oxygens (including phenoxy) is 1. The van der Waals surface area contributed by atoms with Gasteiger partial charge in [0.05, 0.1) is 6.61 Å². The normalized spacial score (nSPS) is 22.2. The molecule has 26 heavy (non-hydrogen) atoms. The number of aliphatic hydroxyl groups excluding tert-OH is 1. The number of hydrogen-bond donors (Lipinski definition) is 1. The molecule has 1 fully saturated rings. The fraction of sp³-hybridized carbons (Fsp3) is 0.600. The Morgan fingerprint density at radius 2 is 1.73 bits per heavy atom. The number of aliphatic hydroxyl groups is 1. The van der Waals surface area contributed by atoms with Crippen molar-refractivity contribution in [3.8, 4) is 18.6 Å². The first-order valence-electron chi connectivity index (χ1n) is 8.65. The van der Waals surface area contributed by atoms with Crippen molar-refractivity contribution in [2.24, 2.45) is 5.92 Å². The first kappa shape index (κ1) is 22.3. The first-order valence-corrected chi connectivity index (χ1v) is 8.65. The summed E-state index contributed by atoms with van der Waals surface area (Å²) in [6.07, 6.45) is 5.60. The van der Waals surface area contributed by atoms with Gasteiger partial charge in [-0.25, -0.2) is 4.39 Å². The molecule has 1 aromatic carbocycles. The Kier molecular flexibility index (Phi) is 8.42. The van der Waals surface area contributed by atoms with E-state index < -0.39 is 18.3 Å². The third-order valence-electron chi connectivity index (χ3n) is 4.80. The SMILES string of the molecule is C#C.CC(F)(CCCOc1ccc(C2CCC(CO)C2)cc1)C(F)(F)F. The zero-order valence-corrected chi connectivity index (χ0v) is 14.9. The molecule has 0 aromatic heterocycles. The van der Waals surface area contributed by atoms with Gasteiger partial charge in [-0.1, -0.05) is 12.1 Å². The van der Waals surface area contributed by atoms with E-state index in [9.17, 15) is 22.7 Å². The molecule has 3 atom stereocenters. The van der Waals surface area contributed by atoms with Gasteiger partial charge in [0.15, 0.2) is 0 Å². The van der Waals surface area contributed by atoms with Gasteiger partial charge in [-0.05, 0) is 68.6 Å². The van der Waals surface area contributed by atoms with Crippen molar-refractivity contribution in [2.45, 2.75) is 56.8 Å². The van der Waals surface area contributed by atoms with Crippen LogP contribution in [-0.4, -0.2) is 30.2 Å². The fourth-order valence-corrected chi connectivity index (χ4v) is 3.12. The van der Waals surface area contributed by atoms with Crippen LogP contribution in [0.5, 0.6) is 5.75 Å². The molecule has 3 unspecified atom stereocenters. The number of rotatable bonds is 7. The van der Waals surface area contributed by atoms with Gasteiger partial charge in [-0.3, -0.25) is 0 Å². The second-order valence-corrected chi connectivity index (χ2v) is 6.77. The maximum absolute atomic E-state index is 13.4. The monoisotopic (exact) mass is 374 g/mol. The van der Waals surface area contributed by atoms with Gasteiger partial charge in [-0.15, -0.1) is 12.8 Å². The second-order valence-electron chi connectivity index (χ2n) is 6.77. The van der Waals surface area contributed by atoms with Crippen molar-refractivity contribution in [1.29, 1.82) is 0 Å². The molecule has 0 saturated heterocycles. The van der Waals surface area contributed by atoms with Gasteiger partial charge in [0, 0.05) is 6.61 Å². The largest absolute Gasteiger partial charge is 0.494 e. The van der Waals surface area contributed by atoms with Crippen LogP contribution in [0, 0.1) is 18.8 Å². The molecule has 6 heteroatoms. The Hall–Kier alpha value is -1.74. The van der Waals surface area contributed by atoms with Crippen LogP contribution in [0.4, 0.5) is 17.6 Å². The average Bonchev–Trinajstić information content (AvgIpc) is 3.09. The minimum atomic E-state index is -4.84. The van der Waals surface area contributed by atoms with Gasteiger partial charge in [0.2, 0.25) is 5.67 Å². The number of terminal acetylenes is 1. The Bertz CT molecular complexity index is 549. The molecule has 1 aromatic rings. The summed E-state index contributed by atoms with van der Waals surface area (Å²) in [5.41, 5.74) is -1.99. The van der Waals surface area contributed by atoms with E-state index in [4.69, 9.17) is 4.74 Å². The highest BCUT2D eigenvalue weighted by atomic mass is 19.4. The quantitative estimate of drug-likeness (QED) is 0.401. The van der Waals surface area contributed by atoms with Gasteiger partial charge >= 0.3 is 6.18 Å². The molecular formula is C20H26F4O2. The number of halogens is 4. The van der Waals surface area contributed by atoms with Gasteiger partial charge in [0.1, 0.15) is 5.75 Å². The lowest BCUT2D eigenvalue weighted by Crippen LogP contribution is -2.37. The molecule has 1 aliphatic carbocycles. The summed E-state index contributed by atoms with van der Waals surface area (Å²) >= 11 is 0. The Labute approximate surface area is 152 Å². The van der Waals surface area contributed by atoms with Crippen LogP contribution < -0.4 is 4.74 Å². The highest BCUT2D eigenvalue weighted by Gasteiger charge is 2.51. The van der Waals surface area contributed by atoms with Crippen LogP contribution in [0.25, 0.3) is 0 Å². The lowest BCUT2D eigenvalue weighted by Gasteiger charge is -2.23. The van der Waals surface area contributed by atoms with E-state index in [1.807, 2.05) is 12.1 Å². The van der Waals surface area contributed by atoms with Crippen molar-refractivity contribution in [1.82, 2.24) is 0 Å². The van der Waals surface area contributed by atoms with E-state index in [0.29, 0.717) is 24.5 Å². The maximum Gasteiger partial charge on any atom is 0.422 e. The van der Waals surface area contributed by atoms with Crippen molar-refractivity contribution in [3.63, 3.8) is 0 Å². The van der Waals surface area contributed by atoms with Crippen LogP contribution in [-0.2, 0) is 0 Å². The smallest absolute Gasteiger partial charge is 0.422 e. The van der Waals surface area contributed by atoms with Gasteiger partial charge in [-0.2, -0.15) is 13.2 Å². The minimum Gasteiger partial charge on any atom is -0.494 e. The van der Waals surface area contributed by atoms with E-state index in [1.54, 1.807) is 12.1 Å². The highest BCUT2D eigenvalue weighted by Crippen LogP contribution is 2.39. The summed E-state index contributed by atoms with van der Waals surface area (Å²) in [5, 5.41) is 9.19. The lowest BCUT2D eigenvalue weighted by molar-refractivity contribution is -0.226. The molecule has 2 rings (SSSR count). The van der Waals surface area contributed by atoms with Crippen LogP contribution in [0.3, 0.4) is 0 Å². The fourth-order valence-electron chi connectivity index (χ4n) is 3.12. The number of benzene rings is 1. The molecule has 0 bridgehead atoms. The summed E-state index contributed by atoms with van der Waals surface area (Å²) in [6, 6.07) is 7.49. The predicted octanol–water partition coefficient (Wildman–Crippen LogP) is 5.26. The summed E-state index contributed by atoms with van der Waals surface area (Å²) in [5.74, 6) is 1.38. The van der Waals surface area contributed by atoms with Crippen molar-refractivity contribution in [2.75, 3.05) is 13.2 Å². The molecular weight excluding hydrogens is 348 g/mol. The minimum absolute atomic E-state index is 0.00489. The average molecular weight is 374 g/mol. The van der Waals surface area contributed by atoms with Crippen molar-refractivity contribution < 1.29 is 27.4 Å². The second kappa shape index (κ2) is 9.82.